The summed E-state index contributed by atoms with van der Waals surface area (Å²) in [7, 11) is 0. The number of hydrogen-bond donors (Lipinski definition) is 1. The Morgan fingerprint density at radius 2 is 2.10 bits per heavy atom. The largest absolute Gasteiger partial charge is 0.347 e. The van der Waals surface area contributed by atoms with Gasteiger partial charge in [0.15, 0.2) is 0 Å². The summed E-state index contributed by atoms with van der Waals surface area (Å²) in [6, 6.07) is 10.2. The van der Waals surface area contributed by atoms with Crippen molar-refractivity contribution in [1.29, 1.82) is 5.26 Å². The van der Waals surface area contributed by atoms with Gasteiger partial charge in [-0.15, -0.1) is 0 Å². The third kappa shape index (κ3) is 4.93. The van der Waals surface area contributed by atoms with Crippen LogP contribution in [0.1, 0.15) is 28.0 Å². The fourth-order valence-corrected chi connectivity index (χ4v) is 3.83. The Balaban J connectivity index is 1.62. The van der Waals surface area contributed by atoms with Gasteiger partial charge in [0.1, 0.15) is 6.04 Å². The van der Waals surface area contributed by atoms with Gasteiger partial charge in [-0.05, 0) is 47.2 Å². The molecule has 0 spiro atoms. The van der Waals surface area contributed by atoms with E-state index >= 15 is 0 Å². The summed E-state index contributed by atoms with van der Waals surface area (Å²) in [6.45, 7) is 1.24. The van der Waals surface area contributed by atoms with E-state index in [2.05, 4.69) is 27.9 Å². The average molecular weight is 512 g/mol. The summed E-state index contributed by atoms with van der Waals surface area (Å²) in [6.07, 6.45) is 1.02. The molecule has 1 aliphatic heterocycles. The first-order chi connectivity index (χ1) is 13.7. The number of nitrogens with one attached hydrogen (secondary N) is 1. The van der Waals surface area contributed by atoms with Crippen molar-refractivity contribution < 1.29 is 18.4 Å². The smallest absolute Gasteiger partial charge is 0.268 e. The van der Waals surface area contributed by atoms with E-state index in [1.807, 2.05) is 35.8 Å². The average Bonchev–Trinajstić information content (AvgIpc) is 3.20. The van der Waals surface area contributed by atoms with Crippen molar-refractivity contribution in [2.75, 3.05) is 13.1 Å². The number of benzene rings is 1. The van der Waals surface area contributed by atoms with Gasteiger partial charge in [0.25, 0.3) is 11.8 Å². The van der Waals surface area contributed by atoms with Gasteiger partial charge in [-0.1, -0.05) is 18.2 Å². The fourth-order valence-electron chi connectivity index (χ4n) is 3.27. The Morgan fingerprint density at radius 1 is 1.38 bits per heavy atom. The maximum Gasteiger partial charge on any atom is 0.268 e. The van der Waals surface area contributed by atoms with Crippen LogP contribution in [0.25, 0.3) is 0 Å². The van der Waals surface area contributed by atoms with Crippen molar-refractivity contribution in [3.05, 3.63) is 56.9 Å². The Morgan fingerprint density at radius 3 is 2.79 bits per heavy atom. The number of likely N-dealkylation sites (tertiary alicyclic amines) is 1. The molecule has 9 heteroatoms. The molecule has 1 N–H and O–H groups in total. The minimum atomic E-state index is -3.08. The Kier molecular flexibility index (Phi) is 6.21. The van der Waals surface area contributed by atoms with E-state index in [0.29, 0.717) is 12.1 Å². The highest BCUT2D eigenvalue weighted by atomic mass is 127. The van der Waals surface area contributed by atoms with Crippen molar-refractivity contribution in [3.63, 3.8) is 0 Å². The van der Waals surface area contributed by atoms with Gasteiger partial charge in [-0.2, -0.15) is 5.26 Å². The third-order valence-electron chi connectivity index (χ3n) is 4.81. The molecule has 29 heavy (non-hydrogen) atoms. The van der Waals surface area contributed by atoms with Crippen LogP contribution in [0.5, 0.6) is 0 Å². The highest BCUT2D eigenvalue weighted by Gasteiger charge is 2.47. The van der Waals surface area contributed by atoms with Crippen LogP contribution < -0.4 is 5.32 Å². The lowest BCUT2D eigenvalue weighted by Crippen LogP contribution is -2.42. The Labute approximate surface area is 180 Å². The van der Waals surface area contributed by atoms with Crippen LogP contribution >= 0.6 is 22.6 Å². The molecule has 2 heterocycles. The molecule has 1 fully saturated rings. The molecule has 1 aliphatic rings. The molecule has 2 amide bonds. The topological polar surface area (TPSA) is 78.1 Å². The molecule has 1 atom stereocenters. The number of nitrogens with zero attached hydrogens (tertiary/aromatic N) is 3. The van der Waals surface area contributed by atoms with Crippen LogP contribution in [0.4, 0.5) is 8.78 Å². The molecule has 1 aromatic carbocycles. The Bertz CT molecular complexity index is 983. The molecule has 2 aromatic rings. The number of rotatable bonds is 5. The van der Waals surface area contributed by atoms with Crippen LogP contribution in [0.2, 0.25) is 0 Å². The summed E-state index contributed by atoms with van der Waals surface area (Å²) in [5, 5.41) is 11.4. The SMILES string of the molecule is Cc1cc(C(=O)NCC(=O)N2CC(F)(F)C[C@H]2C#N)cn1Cc1ccccc1I. The summed E-state index contributed by atoms with van der Waals surface area (Å²) in [4.78, 5) is 25.5. The van der Waals surface area contributed by atoms with E-state index < -0.39 is 43.3 Å². The molecule has 1 saturated heterocycles. The third-order valence-corrected chi connectivity index (χ3v) is 5.86. The lowest BCUT2D eigenvalue weighted by atomic mass is 10.2. The molecule has 1 aromatic heterocycles. The zero-order valence-corrected chi connectivity index (χ0v) is 17.8. The predicted octanol–water partition coefficient (Wildman–Crippen LogP) is 2.94. The maximum absolute atomic E-state index is 13.5. The van der Waals surface area contributed by atoms with Gasteiger partial charge in [-0.25, -0.2) is 8.78 Å². The van der Waals surface area contributed by atoms with Crippen LogP contribution in [0.3, 0.4) is 0 Å². The molecule has 3 rings (SSSR count). The van der Waals surface area contributed by atoms with E-state index in [9.17, 15) is 18.4 Å². The molecule has 152 valence electrons. The molecule has 0 bridgehead atoms. The number of carbonyl (C=O) groups is 2. The molecular weight excluding hydrogens is 493 g/mol. The number of alkyl halides is 2. The highest BCUT2D eigenvalue weighted by Crippen LogP contribution is 2.31. The van der Waals surface area contributed by atoms with Gasteiger partial charge in [0.05, 0.1) is 24.7 Å². The predicted molar refractivity (Wildman–Crippen MR) is 110 cm³/mol. The molecule has 0 aliphatic carbocycles. The lowest BCUT2D eigenvalue weighted by molar-refractivity contribution is -0.131. The summed E-state index contributed by atoms with van der Waals surface area (Å²) in [5.41, 5.74) is 2.38. The normalized spacial score (nSPS) is 17.8. The first kappa shape index (κ1) is 21.2. The van der Waals surface area contributed by atoms with Gasteiger partial charge in [0.2, 0.25) is 5.91 Å². The molecule has 6 nitrogen and oxygen atoms in total. The van der Waals surface area contributed by atoms with Gasteiger partial charge >= 0.3 is 0 Å². The second kappa shape index (κ2) is 8.49. The number of aromatic nitrogens is 1. The molecular formula is C20H19F2IN4O2. The van der Waals surface area contributed by atoms with Crippen molar-refractivity contribution in [2.24, 2.45) is 0 Å². The minimum Gasteiger partial charge on any atom is -0.347 e. The van der Waals surface area contributed by atoms with Gasteiger partial charge < -0.3 is 14.8 Å². The van der Waals surface area contributed by atoms with E-state index in [4.69, 9.17) is 5.26 Å². The van der Waals surface area contributed by atoms with E-state index in [1.54, 1.807) is 18.3 Å². The lowest BCUT2D eigenvalue weighted by Gasteiger charge is -2.19. The number of carbonyl (C=O) groups excluding carboxylic acids is 2. The molecule has 0 radical (unpaired) electrons. The van der Waals surface area contributed by atoms with Crippen molar-refractivity contribution in [3.8, 4) is 6.07 Å². The first-order valence-corrected chi connectivity index (χ1v) is 10.0. The van der Waals surface area contributed by atoms with Crippen LogP contribution in [-0.2, 0) is 11.3 Å². The van der Waals surface area contributed by atoms with Crippen LogP contribution in [-0.4, -0.2) is 46.3 Å². The van der Waals surface area contributed by atoms with Crippen LogP contribution in [0.15, 0.2) is 36.5 Å². The zero-order valence-electron chi connectivity index (χ0n) is 15.7. The Hall–Kier alpha value is -2.48. The van der Waals surface area contributed by atoms with E-state index in [1.165, 1.54) is 0 Å². The van der Waals surface area contributed by atoms with E-state index in [-0.39, 0.29) is 0 Å². The number of amides is 2. The molecule has 0 unspecified atom stereocenters. The second-order valence-electron chi connectivity index (χ2n) is 7.00. The number of nitriles is 1. The minimum absolute atomic E-state index is 0.379. The first-order valence-electron chi connectivity index (χ1n) is 8.95. The van der Waals surface area contributed by atoms with Crippen molar-refractivity contribution in [2.45, 2.75) is 31.9 Å². The zero-order chi connectivity index (χ0) is 21.2. The number of hydrogen-bond acceptors (Lipinski definition) is 3. The number of aryl methyl sites for hydroxylation is 1. The molecule has 0 saturated carbocycles. The fraction of sp³-hybridized carbons (Fsp3) is 0.350. The van der Waals surface area contributed by atoms with Crippen LogP contribution in [0, 0.1) is 21.8 Å². The van der Waals surface area contributed by atoms with Gasteiger partial charge in [-0.3, -0.25) is 9.59 Å². The monoisotopic (exact) mass is 512 g/mol. The summed E-state index contributed by atoms with van der Waals surface area (Å²) >= 11 is 2.25. The summed E-state index contributed by atoms with van der Waals surface area (Å²) in [5.74, 6) is -4.25. The highest BCUT2D eigenvalue weighted by molar-refractivity contribution is 14.1. The van der Waals surface area contributed by atoms with Crippen molar-refractivity contribution >= 4 is 34.4 Å². The standard InChI is InChI=1S/C20H19F2IN4O2/c1-13-6-15(11-26(13)10-14-4-2-3-5-17(14)23)19(29)25-9-18(28)27-12-20(21,22)7-16(27)8-24/h2-6,11,16H,7,9-10,12H2,1H3,(H,25,29)/t16-/m0/s1. The maximum atomic E-state index is 13.5. The number of halogens is 3. The summed E-state index contributed by atoms with van der Waals surface area (Å²) < 4.78 is 30.0. The second-order valence-corrected chi connectivity index (χ2v) is 8.16. The van der Waals surface area contributed by atoms with Crippen molar-refractivity contribution in [1.82, 2.24) is 14.8 Å². The quantitative estimate of drug-likeness (QED) is 0.627. The van der Waals surface area contributed by atoms with E-state index in [0.717, 1.165) is 19.7 Å². The van der Waals surface area contributed by atoms with Gasteiger partial charge in [0, 0.05) is 28.4 Å².